The smallest absolute Gasteiger partial charge is 0.242 e. The summed E-state index contributed by atoms with van der Waals surface area (Å²) in [6.07, 6.45) is 8.12. The van der Waals surface area contributed by atoms with E-state index in [0.717, 1.165) is 76.6 Å². The van der Waals surface area contributed by atoms with Gasteiger partial charge in [-0.3, -0.25) is 19.5 Å². The van der Waals surface area contributed by atoms with Crippen molar-refractivity contribution >= 4 is 17.6 Å². The van der Waals surface area contributed by atoms with Crippen molar-refractivity contribution in [2.75, 3.05) is 26.2 Å². The van der Waals surface area contributed by atoms with Crippen LogP contribution in [0.15, 0.2) is 53.5 Å². The fourth-order valence-electron chi connectivity index (χ4n) is 8.50. The molecule has 48 heavy (non-hydrogen) atoms. The number of nitrogens with one attached hydrogen (secondary N) is 2. The van der Waals surface area contributed by atoms with Crippen LogP contribution in [-0.4, -0.2) is 65.9 Å². The zero-order chi connectivity index (χ0) is 34.5. The van der Waals surface area contributed by atoms with Crippen LogP contribution in [0.2, 0.25) is 0 Å². The van der Waals surface area contributed by atoms with Crippen molar-refractivity contribution in [2.45, 2.75) is 115 Å². The number of rotatable bonds is 16. The topological polar surface area (TPSA) is 120 Å². The van der Waals surface area contributed by atoms with Gasteiger partial charge in [0.25, 0.3) is 0 Å². The van der Waals surface area contributed by atoms with Gasteiger partial charge in [-0.2, -0.15) is 0 Å². The van der Waals surface area contributed by atoms with Crippen LogP contribution in [0.5, 0.6) is 5.75 Å². The number of hydrogen-bond donors (Lipinski definition) is 4. The van der Waals surface area contributed by atoms with E-state index in [2.05, 4.69) is 66.4 Å². The number of amides is 2. The van der Waals surface area contributed by atoms with Gasteiger partial charge < -0.3 is 21.5 Å². The maximum atomic E-state index is 14.4. The molecular formula is C40H59N5O3. The number of phenols is 1. The second-order valence-electron chi connectivity index (χ2n) is 15.4. The fraction of sp³-hybridized carbons (Fsp3) is 0.625. The summed E-state index contributed by atoms with van der Waals surface area (Å²) in [5, 5.41) is 16.6. The third-order valence-electron chi connectivity index (χ3n) is 11.8. The minimum atomic E-state index is -0.636. The van der Waals surface area contributed by atoms with Crippen molar-refractivity contribution in [1.82, 2.24) is 15.5 Å². The highest BCUT2D eigenvalue weighted by Gasteiger charge is 2.62. The molecule has 1 saturated carbocycles. The van der Waals surface area contributed by atoms with E-state index in [1.54, 1.807) is 0 Å². The Kier molecular flexibility index (Phi) is 11.5. The molecule has 0 radical (unpaired) electrons. The van der Waals surface area contributed by atoms with Gasteiger partial charge in [-0.05, 0) is 97.1 Å². The van der Waals surface area contributed by atoms with Gasteiger partial charge in [0.2, 0.25) is 11.8 Å². The summed E-state index contributed by atoms with van der Waals surface area (Å²) in [7, 11) is 0. The number of carbonyl (C=O) groups excluding carboxylic acids is 2. The number of carbonyl (C=O) groups is 2. The molecule has 2 amide bonds. The third-order valence-corrected chi connectivity index (χ3v) is 11.8. The number of phenolic OH excluding ortho intramolecular Hbond substituents is 1. The zero-order valence-electron chi connectivity index (χ0n) is 29.9. The number of hydrogen-bond acceptors (Lipinski definition) is 5. The first-order chi connectivity index (χ1) is 23.0. The molecule has 1 aliphatic heterocycles. The molecule has 1 saturated heterocycles. The molecule has 5 rings (SSSR count). The third kappa shape index (κ3) is 7.74. The van der Waals surface area contributed by atoms with Crippen LogP contribution in [0.1, 0.15) is 103 Å². The first-order valence-corrected chi connectivity index (χ1v) is 18.5. The predicted molar refractivity (Wildman–Crippen MR) is 194 cm³/mol. The first-order valence-electron chi connectivity index (χ1n) is 18.5. The lowest BCUT2D eigenvalue weighted by Gasteiger charge is -2.55. The highest BCUT2D eigenvalue weighted by atomic mass is 16.3. The van der Waals surface area contributed by atoms with Gasteiger partial charge in [0.1, 0.15) is 11.8 Å². The number of piperidine rings is 1. The average Bonchev–Trinajstić information content (AvgIpc) is 3.80. The van der Waals surface area contributed by atoms with Crippen LogP contribution in [0, 0.1) is 17.8 Å². The van der Waals surface area contributed by atoms with Crippen LogP contribution in [0.4, 0.5) is 0 Å². The zero-order valence-corrected chi connectivity index (χ0v) is 29.9. The summed E-state index contributed by atoms with van der Waals surface area (Å²) in [6, 6.07) is 15.9. The minimum absolute atomic E-state index is 0.0224. The normalized spacial score (nSPS) is 27.3. The van der Waals surface area contributed by atoms with E-state index in [1.165, 1.54) is 11.1 Å². The van der Waals surface area contributed by atoms with Crippen molar-refractivity contribution in [3.8, 4) is 5.75 Å². The minimum Gasteiger partial charge on any atom is -0.508 e. The molecule has 6 atom stereocenters. The van der Waals surface area contributed by atoms with Gasteiger partial charge in [-0.15, -0.1) is 0 Å². The molecule has 2 bridgehead atoms. The number of benzene rings is 2. The Balaban J connectivity index is 1.23. The van der Waals surface area contributed by atoms with E-state index in [1.807, 2.05) is 37.3 Å². The summed E-state index contributed by atoms with van der Waals surface area (Å²) in [5.74, 6) is 1.82. The molecule has 1 heterocycles. The largest absolute Gasteiger partial charge is 0.508 e. The Hall–Kier alpha value is -3.39. The summed E-state index contributed by atoms with van der Waals surface area (Å²) in [6.45, 7) is 14.1. The predicted octanol–water partition coefficient (Wildman–Crippen LogP) is 5.85. The molecule has 2 aliphatic carbocycles. The average molecular weight is 658 g/mol. The molecule has 2 aromatic carbocycles. The van der Waals surface area contributed by atoms with E-state index >= 15 is 0 Å². The molecule has 0 spiro atoms. The van der Waals surface area contributed by atoms with E-state index in [9.17, 15) is 14.7 Å². The van der Waals surface area contributed by atoms with E-state index < -0.39 is 11.5 Å². The van der Waals surface area contributed by atoms with Crippen molar-refractivity contribution in [1.29, 1.82) is 0 Å². The SMILES string of the molecule is CCC(N)=NCCCCCCNC(=O)[C@@H](CC(C)C)NC(=O)[C@@]1(c2ccccc2)C[C@H]1CN1CC[C@@]2(C)c3cc(O)ccc3C[C@@H]1[C@@H]2C. The standard InChI is InChI=1S/C40H59N5O3/c1-6-36(41)42-19-12-7-8-13-20-43-37(47)34(22-27(2)3)44-38(48)40(30-14-10-9-11-15-30)25-31(40)26-45-21-18-39(5)28(4)35(45)23-29-16-17-32(46)24-33(29)39/h9-11,14-17,24,27-28,31,34-35,46H,6-8,12-13,18-23,25-26H2,1-5H3,(H2,41,42)(H,43,47)(H,44,48)/t28-,31-,34+,35+,39+,40+/m0/s1. The molecule has 2 aromatic rings. The molecule has 8 nitrogen and oxygen atoms in total. The molecule has 0 aromatic heterocycles. The van der Waals surface area contributed by atoms with Gasteiger partial charge in [0.05, 0.1) is 11.3 Å². The molecule has 5 N–H and O–H groups in total. The highest BCUT2D eigenvalue weighted by molar-refractivity contribution is 5.95. The summed E-state index contributed by atoms with van der Waals surface area (Å²) < 4.78 is 0. The van der Waals surface area contributed by atoms with Crippen molar-refractivity contribution in [3.63, 3.8) is 0 Å². The molecule has 262 valence electrons. The molecule has 0 unspecified atom stereocenters. The number of likely N-dealkylation sites (tertiary alicyclic amines) is 1. The van der Waals surface area contributed by atoms with Gasteiger partial charge in [0, 0.05) is 32.1 Å². The Labute approximate surface area is 288 Å². The van der Waals surface area contributed by atoms with Gasteiger partial charge in [0.15, 0.2) is 0 Å². The Morgan fingerprint density at radius 2 is 1.85 bits per heavy atom. The van der Waals surface area contributed by atoms with Crippen molar-refractivity contribution < 1.29 is 14.7 Å². The van der Waals surface area contributed by atoms with Crippen LogP contribution in [0.3, 0.4) is 0 Å². The van der Waals surface area contributed by atoms with Crippen molar-refractivity contribution in [3.05, 3.63) is 65.2 Å². The number of nitrogens with zero attached hydrogens (tertiary/aromatic N) is 2. The number of fused-ring (bicyclic) bond motifs is 4. The van der Waals surface area contributed by atoms with E-state index in [4.69, 9.17) is 5.73 Å². The molecule has 2 fully saturated rings. The fourth-order valence-corrected chi connectivity index (χ4v) is 8.50. The Morgan fingerprint density at radius 1 is 1.10 bits per heavy atom. The molecule has 8 heteroatoms. The van der Waals surface area contributed by atoms with Gasteiger partial charge in [-0.25, -0.2) is 0 Å². The molecular weight excluding hydrogens is 598 g/mol. The van der Waals surface area contributed by atoms with E-state index in [0.29, 0.717) is 36.5 Å². The summed E-state index contributed by atoms with van der Waals surface area (Å²) in [4.78, 5) is 34.8. The lowest BCUT2D eigenvalue weighted by atomic mass is 9.59. The Morgan fingerprint density at radius 3 is 2.58 bits per heavy atom. The van der Waals surface area contributed by atoms with Gasteiger partial charge in [-0.1, -0.05) is 83.9 Å². The number of aliphatic imine (C=N–C) groups is 1. The maximum Gasteiger partial charge on any atom is 0.242 e. The lowest BCUT2D eigenvalue weighted by molar-refractivity contribution is -0.131. The number of aromatic hydroxyl groups is 1. The van der Waals surface area contributed by atoms with Crippen LogP contribution < -0.4 is 16.4 Å². The van der Waals surface area contributed by atoms with E-state index in [-0.39, 0.29) is 29.1 Å². The number of unbranched alkanes of at least 4 members (excludes halogenated alkanes) is 3. The summed E-state index contributed by atoms with van der Waals surface area (Å²) in [5.41, 5.74) is 8.85. The van der Waals surface area contributed by atoms with Crippen LogP contribution in [-0.2, 0) is 26.8 Å². The number of nitrogens with two attached hydrogens (primary N) is 1. The number of amidine groups is 1. The van der Waals surface area contributed by atoms with Crippen LogP contribution >= 0.6 is 0 Å². The lowest BCUT2D eigenvalue weighted by Crippen LogP contribution is -2.58. The first kappa shape index (κ1) is 35.9. The van der Waals surface area contributed by atoms with Gasteiger partial charge >= 0.3 is 0 Å². The van der Waals surface area contributed by atoms with Crippen LogP contribution in [0.25, 0.3) is 0 Å². The second-order valence-corrected chi connectivity index (χ2v) is 15.4. The quantitative estimate of drug-likeness (QED) is 0.103. The second kappa shape index (κ2) is 15.4. The maximum absolute atomic E-state index is 14.4. The summed E-state index contributed by atoms with van der Waals surface area (Å²) >= 11 is 0. The van der Waals surface area contributed by atoms with Crippen molar-refractivity contribution in [2.24, 2.45) is 28.5 Å². The Bertz CT molecular complexity index is 1440. The highest BCUT2D eigenvalue weighted by Crippen LogP contribution is 2.57. The monoisotopic (exact) mass is 657 g/mol. The molecule has 3 aliphatic rings.